The van der Waals surface area contributed by atoms with E-state index in [1.807, 2.05) is 6.08 Å². The molecule has 8 aliphatic heterocycles. The van der Waals surface area contributed by atoms with Crippen molar-refractivity contribution in [3.05, 3.63) is 12.2 Å². The van der Waals surface area contributed by atoms with E-state index in [0.717, 1.165) is 71.6 Å². The lowest BCUT2D eigenvalue weighted by molar-refractivity contribution is -0.399. The Morgan fingerprint density at radius 2 is 0.606 bits per heavy atom. The van der Waals surface area contributed by atoms with Crippen molar-refractivity contribution in [3.63, 3.8) is 0 Å². The van der Waals surface area contributed by atoms with Crippen LogP contribution in [-0.4, -0.2) is 434 Å². The molecule has 8 fully saturated rings. The van der Waals surface area contributed by atoms with Gasteiger partial charge in [-0.2, -0.15) is 0 Å². The SMILES string of the molecule is CCCCCCCCCCCCC/C=C/[C@@H](O)[C@H](CO[C@@H]1OC(CO)[C@@H](O[C@@H]2OC(CO)[C@H](O)[C@H](O[C@@H]3OC(CO)[C@@H](O[C@H]4OC(C)[C@@H](O)C(O)[C@@H]4O)[C@H](O[C@@H]4OC(CO)[C@H](O)[C@H](O[C@@H]5OC(CO)[C@@H](O[C@@H]6OC(CO)[C@H](O)[C@H](O)C6O)[C@H](O[C@H]6OC(C)[C@@H](O)C(O)[C@@H]6O)C5NC(C)=O)C4O)C3NC(C)=O)C2O)[C@H](O)C1O)NC(=O)CCCCCCCCCCCCCCCCC. The number of nitrogens with one attached hydrogen (secondary N) is 3. The van der Waals surface area contributed by atoms with Crippen LogP contribution in [0.3, 0.4) is 0 Å². The minimum atomic E-state index is -2.50. The summed E-state index contributed by atoms with van der Waals surface area (Å²) < 4.78 is 97.8. The first-order valence-corrected chi connectivity index (χ1v) is 47.7. The summed E-state index contributed by atoms with van der Waals surface area (Å²) in [5, 5.41) is 257. The molecule has 42 atom stereocenters. The summed E-state index contributed by atoms with van der Waals surface area (Å²) in [4.78, 5) is 40.9. The van der Waals surface area contributed by atoms with Crippen molar-refractivity contribution >= 4 is 17.7 Å². The van der Waals surface area contributed by atoms with Crippen molar-refractivity contribution in [1.82, 2.24) is 16.0 Å². The van der Waals surface area contributed by atoms with Gasteiger partial charge in [-0.3, -0.25) is 14.4 Å². The molecule has 44 nitrogen and oxygen atoms in total. The first-order valence-electron chi connectivity index (χ1n) is 47.7. The number of hydrogen-bond acceptors (Lipinski definition) is 41. The molecule has 3 amide bonds. The predicted octanol–water partition coefficient (Wildman–Crippen LogP) is -4.72. The average molecular weight is 1910 g/mol. The van der Waals surface area contributed by atoms with Crippen LogP contribution < -0.4 is 16.0 Å². The second-order valence-electron chi connectivity index (χ2n) is 36.2. The Morgan fingerprint density at radius 1 is 0.311 bits per heavy atom. The summed E-state index contributed by atoms with van der Waals surface area (Å²) in [6.45, 7) is 1.74. The highest BCUT2D eigenvalue weighted by Gasteiger charge is 2.61. The minimum absolute atomic E-state index is 0.138. The molecule has 0 radical (unpaired) electrons. The number of aliphatic hydroxyl groups is 22. The molecule has 25 N–H and O–H groups in total. The van der Waals surface area contributed by atoms with Crippen LogP contribution in [0, 0.1) is 0 Å². The third-order valence-electron chi connectivity index (χ3n) is 25.9. The molecular weight excluding hydrogens is 1750 g/mol. The van der Waals surface area contributed by atoms with Crippen LogP contribution in [0.4, 0.5) is 0 Å². The average Bonchev–Trinajstić information content (AvgIpc) is 0.756. The third-order valence-corrected chi connectivity index (χ3v) is 25.9. The summed E-state index contributed by atoms with van der Waals surface area (Å²) in [5.41, 5.74) is 0. The summed E-state index contributed by atoms with van der Waals surface area (Å²) >= 11 is 0. The fraction of sp³-hybridized carbons (Fsp3) is 0.943. The molecule has 8 heterocycles. The van der Waals surface area contributed by atoms with Crippen molar-refractivity contribution in [2.75, 3.05) is 46.2 Å². The molecule has 0 spiro atoms. The zero-order valence-electron chi connectivity index (χ0n) is 76.7. The van der Waals surface area contributed by atoms with Gasteiger partial charge in [0, 0.05) is 20.3 Å². The third kappa shape index (κ3) is 32.1. The number of allylic oxidation sites excluding steroid dienone is 1. The van der Waals surface area contributed by atoms with E-state index < -0.39 is 316 Å². The molecule has 8 rings (SSSR count). The molecule has 16 unspecified atom stereocenters. The second-order valence-corrected chi connectivity index (χ2v) is 36.2. The predicted molar refractivity (Wildman–Crippen MR) is 456 cm³/mol. The molecule has 0 aromatic rings. The van der Waals surface area contributed by atoms with Crippen LogP contribution in [-0.2, 0) is 90.2 Å². The largest absolute Gasteiger partial charge is 0.394 e. The van der Waals surface area contributed by atoms with E-state index in [9.17, 15) is 127 Å². The Labute approximate surface area is 770 Å². The molecule has 770 valence electrons. The maximum absolute atomic E-state index is 13.8. The van der Waals surface area contributed by atoms with Crippen LogP contribution in [0.2, 0.25) is 0 Å². The van der Waals surface area contributed by atoms with Gasteiger partial charge in [-0.25, -0.2) is 0 Å². The van der Waals surface area contributed by atoms with Gasteiger partial charge < -0.3 is 204 Å². The normalized spacial score (nSPS) is 40.4. The van der Waals surface area contributed by atoms with Crippen LogP contribution in [0.5, 0.6) is 0 Å². The maximum Gasteiger partial charge on any atom is 0.220 e. The molecule has 8 saturated heterocycles. The van der Waals surface area contributed by atoms with Gasteiger partial charge in [-0.15, -0.1) is 0 Å². The van der Waals surface area contributed by atoms with E-state index in [1.165, 1.54) is 117 Å². The quantitative estimate of drug-likeness (QED) is 0.0201. The Bertz CT molecular complexity index is 3230. The van der Waals surface area contributed by atoms with Gasteiger partial charge in [-0.1, -0.05) is 180 Å². The topological polar surface area (TPSA) is 680 Å². The second kappa shape index (κ2) is 58.1. The van der Waals surface area contributed by atoms with E-state index in [-0.39, 0.29) is 12.3 Å². The molecule has 132 heavy (non-hydrogen) atoms. The first kappa shape index (κ1) is 114. The number of unbranched alkanes of at least 4 members (excludes halogenated alkanes) is 25. The number of carbonyl (C=O) groups is 3. The molecule has 0 aromatic heterocycles. The number of hydrogen-bond donors (Lipinski definition) is 25. The van der Waals surface area contributed by atoms with Gasteiger partial charge in [0.15, 0.2) is 50.3 Å². The molecule has 8 aliphatic rings. The van der Waals surface area contributed by atoms with Crippen LogP contribution in [0.15, 0.2) is 12.2 Å². The number of carbonyl (C=O) groups excluding carboxylic acids is 3. The lowest BCUT2D eigenvalue weighted by Gasteiger charge is -2.52. The first-order chi connectivity index (χ1) is 63.2. The van der Waals surface area contributed by atoms with E-state index in [4.69, 9.17) is 75.8 Å². The van der Waals surface area contributed by atoms with Gasteiger partial charge in [0.25, 0.3) is 0 Å². The highest BCUT2D eigenvalue weighted by Crippen LogP contribution is 2.41. The van der Waals surface area contributed by atoms with Gasteiger partial charge >= 0.3 is 0 Å². The maximum atomic E-state index is 13.8. The van der Waals surface area contributed by atoms with Crippen LogP contribution in [0.25, 0.3) is 0 Å². The molecule has 44 heteroatoms. The minimum Gasteiger partial charge on any atom is -0.394 e. The zero-order chi connectivity index (χ0) is 96.6. The number of rotatable bonds is 56. The van der Waals surface area contributed by atoms with Gasteiger partial charge in [0.05, 0.1) is 70.6 Å². The zero-order valence-corrected chi connectivity index (χ0v) is 76.7. The number of amides is 3. The molecule has 0 aromatic carbocycles. The van der Waals surface area contributed by atoms with Crippen molar-refractivity contribution < 1.29 is 203 Å². The molecule has 0 bridgehead atoms. The van der Waals surface area contributed by atoms with E-state index in [0.29, 0.717) is 12.8 Å². The van der Waals surface area contributed by atoms with Crippen molar-refractivity contribution in [2.24, 2.45) is 0 Å². The smallest absolute Gasteiger partial charge is 0.220 e. The molecule has 0 aliphatic carbocycles. The summed E-state index contributed by atoms with van der Waals surface area (Å²) in [7, 11) is 0. The monoisotopic (exact) mass is 1910 g/mol. The summed E-state index contributed by atoms with van der Waals surface area (Å²) in [6, 6.07) is -5.14. The lowest BCUT2D eigenvalue weighted by Crippen LogP contribution is -2.72. The van der Waals surface area contributed by atoms with Crippen molar-refractivity contribution in [3.8, 4) is 0 Å². The highest BCUT2D eigenvalue weighted by atomic mass is 16.8. The Hall–Kier alpha value is -3.37. The summed E-state index contributed by atoms with van der Waals surface area (Å²) in [5.74, 6) is -2.33. The Balaban J connectivity index is 1.02. The van der Waals surface area contributed by atoms with E-state index >= 15 is 0 Å². The standard InChI is InChI=1S/C88H157N3O41/c1-7-9-11-13-15-17-19-21-22-24-26-28-30-32-34-36-56(101)91-48(49(100)35-33-31-29-27-25-23-20-18-16-14-12-10-8-2)43-117-83-71(114)67(110)74(53(40-95)125-83)126-87-72(115)79(62(105)51(38-93)121-87)131-82-58(90-47(6)99)78(75(54(41-96)123-82)127-84-68(111)64(107)59(102)44(3)118-84)130-88-73(116)80(63(106)52(39-94)122-88)132-81-57(89-46(5)98)77(129-85-69(112)65(108)60(103)45(4)119-85)76(55(42-97)124-81)128-86-70(113)66(109)61(104)50(37-92)120-86/h33,35,44-45,48-55,57-88,92-97,100,102-116H,7-32,34,36-43H2,1-6H3,(H,89,98)(H,90,99)(H,91,101)/b35-33+/t44?,45?,48-,49+,50?,51?,52?,53?,54?,55?,57?,58?,59+,60+,61-,62-,63-,64?,65?,66-,67+,68-,69-,70?,71?,72?,73?,74+,75+,76+,77+,78+,79-,80-,81-,82-,83+,84+,85+,86-,87-,88-/m0/s1. The van der Waals surface area contributed by atoms with Gasteiger partial charge in [0.1, 0.15) is 183 Å². The van der Waals surface area contributed by atoms with E-state index in [1.54, 1.807) is 6.08 Å². The Kier molecular flexibility index (Phi) is 50.2. The number of aliphatic hydroxyl groups excluding tert-OH is 22. The number of ether oxygens (including phenoxy) is 16. The lowest BCUT2D eigenvalue weighted by atomic mass is 9.93. The van der Waals surface area contributed by atoms with Crippen LogP contribution >= 0.6 is 0 Å². The highest BCUT2D eigenvalue weighted by molar-refractivity contribution is 5.76. The fourth-order valence-electron chi connectivity index (χ4n) is 17.9. The molecule has 0 saturated carbocycles. The van der Waals surface area contributed by atoms with Gasteiger partial charge in [0.2, 0.25) is 17.7 Å². The van der Waals surface area contributed by atoms with Crippen LogP contribution in [0.1, 0.15) is 221 Å². The van der Waals surface area contributed by atoms with Crippen molar-refractivity contribution in [2.45, 2.75) is 479 Å². The Morgan fingerprint density at radius 3 is 0.985 bits per heavy atom. The van der Waals surface area contributed by atoms with E-state index in [2.05, 4.69) is 29.8 Å². The summed E-state index contributed by atoms with van der Waals surface area (Å²) in [6.07, 6.45) is -44.1. The van der Waals surface area contributed by atoms with Crippen molar-refractivity contribution in [1.29, 1.82) is 0 Å². The van der Waals surface area contributed by atoms with Gasteiger partial charge in [-0.05, 0) is 33.1 Å². The fourth-order valence-corrected chi connectivity index (χ4v) is 17.9. The molecular formula is C88H157N3O41.